The van der Waals surface area contributed by atoms with Crippen LogP contribution in [0.15, 0.2) is 24.0 Å². The zero-order chi connectivity index (χ0) is 10.9. The predicted molar refractivity (Wildman–Crippen MR) is 62.4 cm³/mol. The minimum atomic E-state index is -0.731. The number of aliphatic hydroxyl groups is 1. The van der Waals surface area contributed by atoms with Crippen LogP contribution >= 0.6 is 11.8 Å². The summed E-state index contributed by atoms with van der Waals surface area (Å²) in [4.78, 5) is -0.731. The lowest BCUT2D eigenvalue weighted by Gasteiger charge is -2.18. The topological polar surface area (TPSA) is 55.5 Å². The van der Waals surface area contributed by atoms with E-state index in [1.54, 1.807) is 11.8 Å². The van der Waals surface area contributed by atoms with E-state index in [2.05, 4.69) is 6.92 Å². The number of thioether (sulfide) groups is 1. The maximum Gasteiger partial charge on any atom is 0.149 e. The average Bonchev–Trinajstić information content (AvgIpc) is 2.80. The minimum Gasteiger partial charge on any atom is -0.494 e. The average molecular weight is 227 g/mol. The molecule has 0 saturated carbocycles. The largest absolute Gasteiger partial charge is 0.494 e. The van der Waals surface area contributed by atoms with Crippen molar-refractivity contribution < 1.29 is 9.84 Å². The standard InChI is InChI=1S/C11H17NO2S/c1-2-7-14-9-3-4-11(13)10(8-9,15-11)5-6-12/h3-4,8,13H,2,5-7,12H2,1H3. The van der Waals surface area contributed by atoms with E-state index in [4.69, 9.17) is 10.5 Å². The molecular weight excluding hydrogens is 210 g/mol. The minimum absolute atomic E-state index is 0.223. The third-order valence-electron chi connectivity index (χ3n) is 2.74. The van der Waals surface area contributed by atoms with Gasteiger partial charge in [-0.1, -0.05) is 6.92 Å². The van der Waals surface area contributed by atoms with Crippen LogP contribution in [-0.4, -0.2) is 27.9 Å². The van der Waals surface area contributed by atoms with Crippen molar-refractivity contribution >= 4 is 11.8 Å². The SMILES string of the molecule is CCCOC1=CC2(CCN)SC2(O)C=C1. The van der Waals surface area contributed by atoms with Gasteiger partial charge in [0, 0.05) is 0 Å². The first-order chi connectivity index (χ1) is 7.16. The number of rotatable bonds is 5. The highest BCUT2D eigenvalue weighted by Crippen LogP contribution is 2.67. The second-order valence-corrected chi connectivity index (χ2v) is 5.51. The maximum atomic E-state index is 10.1. The van der Waals surface area contributed by atoms with Gasteiger partial charge in [0.05, 0.1) is 11.4 Å². The van der Waals surface area contributed by atoms with Gasteiger partial charge < -0.3 is 15.6 Å². The number of nitrogens with two attached hydrogens (primary N) is 1. The summed E-state index contributed by atoms with van der Waals surface area (Å²) in [6.45, 7) is 3.38. The van der Waals surface area contributed by atoms with Gasteiger partial charge >= 0.3 is 0 Å². The maximum absolute atomic E-state index is 10.1. The lowest BCUT2D eigenvalue weighted by Crippen LogP contribution is -2.27. The summed E-state index contributed by atoms with van der Waals surface area (Å²) in [5, 5.41) is 10.1. The van der Waals surface area contributed by atoms with E-state index >= 15 is 0 Å². The molecule has 0 aromatic heterocycles. The molecule has 1 fully saturated rings. The zero-order valence-corrected chi connectivity index (χ0v) is 9.72. The zero-order valence-electron chi connectivity index (χ0n) is 8.90. The van der Waals surface area contributed by atoms with Gasteiger partial charge in [-0.3, -0.25) is 0 Å². The fourth-order valence-electron chi connectivity index (χ4n) is 1.86. The second-order valence-electron chi connectivity index (χ2n) is 3.96. The number of fused-ring (bicyclic) bond motifs is 1. The number of hydrogen-bond acceptors (Lipinski definition) is 4. The van der Waals surface area contributed by atoms with Crippen LogP contribution in [0.3, 0.4) is 0 Å². The molecule has 1 heterocycles. The van der Waals surface area contributed by atoms with Gasteiger partial charge in [0.15, 0.2) is 0 Å². The predicted octanol–water partition coefficient (Wildman–Crippen LogP) is 1.39. The van der Waals surface area contributed by atoms with Crippen molar-refractivity contribution in [3.05, 3.63) is 24.0 Å². The van der Waals surface area contributed by atoms with Crippen molar-refractivity contribution in [3.63, 3.8) is 0 Å². The molecule has 1 aliphatic carbocycles. The quantitative estimate of drug-likeness (QED) is 0.697. The van der Waals surface area contributed by atoms with Crippen LogP contribution in [0.5, 0.6) is 0 Å². The molecule has 2 rings (SSSR count). The Bertz CT molecular complexity index is 316. The van der Waals surface area contributed by atoms with Crippen LogP contribution in [-0.2, 0) is 4.74 Å². The van der Waals surface area contributed by atoms with Crippen molar-refractivity contribution in [1.82, 2.24) is 0 Å². The van der Waals surface area contributed by atoms with Crippen LogP contribution in [0.25, 0.3) is 0 Å². The Morgan fingerprint density at radius 2 is 2.40 bits per heavy atom. The molecule has 1 saturated heterocycles. The van der Waals surface area contributed by atoms with Crippen LogP contribution in [0.1, 0.15) is 19.8 Å². The summed E-state index contributed by atoms with van der Waals surface area (Å²) in [5.74, 6) is 0.861. The molecular formula is C11H17NO2S. The molecule has 0 aromatic carbocycles. The van der Waals surface area contributed by atoms with Gasteiger partial charge in [-0.2, -0.15) is 0 Å². The smallest absolute Gasteiger partial charge is 0.149 e. The van der Waals surface area contributed by atoms with E-state index in [9.17, 15) is 5.11 Å². The van der Waals surface area contributed by atoms with E-state index in [0.29, 0.717) is 6.54 Å². The first-order valence-electron chi connectivity index (χ1n) is 5.33. The number of allylic oxidation sites excluding steroid dienone is 1. The van der Waals surface area contributed by atoms with Gasteiger partial charge in [0.25, 0.3) is 0 Å². The number of ether oxygens (including phenoxy) is 1. The van der Waals surface area contributed by atoms with Gasteiger partial charge in [0.2, 0.25) is 0 Å². The van der Waals surface area contributed by atoms with E-state index in [-0.39, 0.29) is 4.75 Å². The molecule has 4 heteroatoms. The van der Waals surface area contributed by atoms with Gasteiger partial charge in [-0.15, -0.1) is 11.8 Å². The molecule has 3 N–H and O–H groups in total. The molecule has 84 valence electrons. The van der Waals surface area contributed by atoms with Crippen LogP contribution in [0.4, 0.5) is 0 Å². The van der Waals surface area contributed by atoms with Crippen molar-refractivity contribution in [2.45, 2.75) is 29.4 Å². The van der Waals surface area contributed by atoms with Crippen molar-refractivity contribution in [2.75, 3.05) is 13.2 Å². The molecule has 2 unspecified atom stereocenters. The molecule has 0 bridgehead atoms. The van der Waals surface area contributed by atoms with Gasteiger partial charge in [-0.25, -0.2) is 0 Å². The van der Waals surface area contributed by atoms with Gasteiger partial charge in [-0.05, 0) is 37.6 Å². The summed E-state index contributed by atoms with van der Waals surface area (Å²) < 4.78 is 5.33. The lowest BCUT2D eigenvalue weighted by atomic mass is 9.94. The third kappa shape index (κ3) is 1.82. The first kappa shape index (κ1) is 11.0. The Labute approximate surface area is 94.4 Å². The van der Waals surface area contributed by atoms with E-state index < -0.39 is 4.93 Å². The van der Waals surface area contributed by atoms with E-state index in [1.165, 1.54) is 0 Å². The summed E-state index contributed by atoms with van der Waals surface area (Å²) in [5.41, 5.74) is 5.56. The second kappa shape index (κ2) is 3.85. The number of hydrogen-bond donors (Lipinski definition) is 2. The Morgan fingerprint density at radius 1 is 1.60 bits per heavy atom. The highest BCUT2D eigenvalue weighted by molar-refractivity contribution is 8.09. The fraction of sp³-hybridized carbons (Fsp3) is 0.636. The molecule has 0 spiro atoms. The summed E-state index contributed by atoms with van der Waals surface area (Å²) in [6, 6.07) is 0. The lowest BCUT2D eigenvalue weighted by molar-refractivity contribution is 0.180. The summed E-state index contributed by atoms with van der Waals surface area (Å²) in [6.07, 6.45) is 7.47. The van der Waals surface area contributed by atoms with Gasteiger partial charge in [0.1, 0.15) is 10.7 Å². The summed E-state index contributed by atoms with van der Waals surface area (Å²) >= 11 is 1.54. The molecule has 2 aliphatic rings. The highest BCUT2D eigenvalue weighted by Gasteiger charge is 2.66. The molecule has 15 heavy (non-hydrogen) atoms. The van der Waals surface area contributed by atoms with Crippen LogP contribution < -0.4 is 5.73 Å². The normalized spacial score (nSPS) is 37.1. The Hall–Kier alpha value is -0.450. The Balaban J connectivity index is 2.07. The summed E-state index contributed by atoms with van der Waals surface area (Å²) in [7, 11) is 0. The molecule has 0 amide bonds. The molecule has 2 atom stereocenters. The van der Waals surface area contributed by atoms with Crippen LogP contribution in [0, 0.1) is 0 Å². The van der Waals surface area contributed by atoms with Crippen molar-refractivity contribution in [1.29, 1.82) is 0 Å². The van der Waals surface area contributed by atoms with E-state index in [1.807, 2.05) is 18.2 Å². The highest BCUT2D eigenvalue weighted by atomic mass is 32.2. The Morgan fingerprint density at radius 3 is 3.07 bits per heavy atom. The van der Waals surface area contributed by atoms with Crippen molar-refractivity contribution in [3.8, 4) is 0 Å². The molecule has 0 radical (unpaired) electrons. The van der Waals surface area contributed by atoms with E-state index in [0.717, 1.165) is 25.2 Å². The molecule has 3 nitrogen and oxygen atoms in total. The first-order valence-corrected chi connectivity index (χ1v) is 6.15. The monoisotopic (exact) mass is 227 g/mol. The fourth-order valence-corrected chi connectivity index (χ4v) is 3.12. The molecule has 0 aromatic rings. The third-order valence-corrected chi connectivity index (χ3v) is 4.34. The van der Waals surface area contributed by atoms with Crippen LogP contribution in [0.2, 0.25) is 0 Å². The molecule has 1 aliphatic heterocycles. The van der Waals surface area contributed by atoms with Crippen molar-refractivity contribution in [2.24, 2.45) is 5.73 Å². The Kier molecular flexibility index (Phi) is 2.83.